The average molecular weight is 287 g/mol. The first-order valence-corrected chi connectivity index (χ1v) is 7.94. The van der Waals surface area contributed by atoms with Crippen LogP contribution in [-0.2, 0) is 16.4 Å². The fraction of sp³-hybridized carbons (Fsp3) is 0.538. The van der Waals surface area contributed by atoms with E-state index in [9.17, 15) is 8.42 Å². The van der Waals surface area contributed by atoms with Crippen molar-refractivity contribution in [2.24, 2.45) is 0 Å². The van der Waals surface area contributed by atoms with E-state index in [1.54, 1.807) is 7.11 Å². The summed E-state index contributed by atoms with van der Waals surface area (Å²) < 4.78 is 30.9. The Bertz CT molecular complexity index is 473. The first-order chi connectivity index (χ1) is 9.07. The van der Waals surface area contributed by atoms with Crippen LogP contribution >= 0.6 is 0 Å². The van der Waals surface area contributed by atoms with Gasteiger partial charge in [-0.3, -0.25) is 0 Å². The Balaban J connectivity index is 2.36. The molecule has 0 aliphatic rings. The highest BCUT2D eigenvalue weighted by Gasteiger charge is 2.08. The van der Waals surface area contributed by atoms with E-state index in [-0.39, 0.29) is 12.4 Å². The normalized spacial score (nSPS) is 11.5. The second-order valence-electron chi connectivity index (χ2n) is 4.25. The highest BCUT2D eigenvalue weighted by molar-refractivity contribution is 7.89. The zero-order valence-electron chi connectivity index (χ0n) is 11.1. The molecule has 0 heterocycles. The monoisotopic (exact) mass is 287 g/mol. The largest absolute Gasteiger partial charge is 0.497 e. The fourth-order valence-corrected chi connectivity index (χ4v) is 2.80. The molecule has 19 heavy (non-hydrogen) atoms. The van der Waals surface area contributed by atoms with Crippen molar-refractivity contribution in [2.45, 2.75) is 19.3 Å². The van der Waals surface area contributed by atoms with E-state index in [2.05, 4.69) is 4.72 Å². The van der Waals surface area contributed by atoms with Crippen LogP contribution in [0.15, 0.2) is 24.3 Å². The molecule has 0 fully saturated rings. The maximum Gasteiger partial charge on any atom is 0.211 e. The standard InChI is InChI=1S/C13H21NO4S/c1-18-13-6-4-5-12(11-13)7-8-14-19(16,17)10-3-2-9-15/h4-6,11,14-15H,2-3,7-10H2,1H3. The molecule has 6 heteroatoms. The van der Waals surface area contributed by atoms with Crippen molar-refractivity contribution in [3.63, 3.8) is 0 Å². The summed E-state index contributed by atoms with van der Waals surface area (Å²) in [4.78, 5) is 0. The molecule has 0 aliphatic heterocycles. The molecule has 0 aromatic heterocycles. The molecule has 1 aromatic carbocycles. The van der Waals surface area contributed by atoms with Crippen molar-refractivity contribution in [2.75, 3.05) is 26.0 Å². The minimum atomic E-state index is -3.23. The van der Waals surface area contributed by atoms with Gasteiger partial charge >= 0.3 is 0 Å². The number of nitrogens with one attached hydrogen (secondary N) is 1. The predicted molar refractivity (Wildman–Crippen MR) is 74.8 cm³/mol. The van der Waals surface area contributed by atoms with Crippen LogP contribution in [0.5, 0.6) is 5.75 Å². The van der Waals surface area contributed by atoms with Crippen LogP contribution in [0, 0.1) is 0 Å². The lowest BCUT2D eigenvalue weighted by Gasteiger charge is -2.07. The van der Waals surface area contributed by atoms with Crippen LogP contribution in [0.3, 0.4) is 0 Å². The van der Waals surface area contributed by atoms with Gasteiger partial charge in [0.2, 0.25) is 10.0 Å². The second kappa shape index (κ2) is 8.14. The van der Waals surface area contributed by atoms with Crippen LogP contribution in [0.25, 0.3) is 0 Å². The van der Waals surface area contributed by atoms with Crippen LogP contribution in [-0.4, -0.2) is 39.5 Å². The molecule has 0 aliphatic carbocycles. The average Bonchev–Trinajstić information content (AvgIpc) is 2.39. The third-order valence-corrected chi connectivity index (χ3v) is 4.16. The maximum atomic E-state index is 11.6. The van der Waals surface area contributed by atoms with Gasteiger partial charge in [-0.2, -0.15) is 0 Å². The van der Waals surface area contributed by atoms with Crippen molar-refractivity contribution in [1.29, 1.82) is 0 Å². The van der Waals surface area contributed by atoms with Gasteiger partial charge in [-0.15, -0.1) is 0 Å². The quantitative estimate of drug-likeness (QED) is 0.663. The van der Waals surface area contributed by atoms with Gasteiger partial charge in [-0.05, 0) is 37.0 Å². The van der Waals surface area contributed by atoms with Crippen LogP contribution in [0.1, 0.15) is 18.4 Å². The summed E-state index contributed by atoms with van der Waals surface area (Å²) in [7, 11) is -1.63. The Morgan fingerprint density at radius 1 is 1.32 bits per heavy atom. The molecule has 0 spiro atoms. The minimum absolute atomic E-state index is 0.0271. The van der Waals surface area contributed by atoms with E-state index in [1.165, 1.54) is 0 Å². The molecule has 1 rings (SSSR count). The van der Waals surface area contributed by atoms with Crippen molar-refractivity contribution in [3.8, 4) is 5.75 Å². The number of methoxy groups -OCH3 is 1. The van der Waals surface area contributed by atoms with Gasteiger partial charge in [-0.25, -0.2) is 13.1 Å². The Hall–Kier alpha value is -1.11. The van der Waals surface area contributed by atoms with E-state index in [0.29, 0.717) is 25.8 Å². The van der Waals surface area contributed by atoms with Crippen LogP contribution in [0.4, 0.5) is 0 Å². The first-order valence-electron chi connectivity index (χ1n) is 6.28. The molecule has 108 valence electrons. The van der Waals surface area contributed by atoms with E-state index in [0.717, 1.165) is 11.3 Å². The number of ether oxygens (including phenoxy) is 1. The van der Waals surface area contributed by atoms with Gasteiger partial charge in [0.15, 0.2) is 0 Å². The summed E-state index contributed by atoms with van der Waals surface area (Å²) >= 11 is 0. The molecule has 1 aromatic rings. The van der Waals surface area contributed by atoms with E-state index < -0.39 is 10.0 Å². The van der Waals surface area contributed by atoms with Crippen LogP contribution < -0.4 is 9.46 Å². The molecule has 0 saturated carbocycles. The summed E-state index contributed by atoms with van der Waals surface area (Å²) in [5.74, 6) is 0.828. The van der Waals surface area contributed by atoms with Gasteiger partial charge in [0.1, 0.15) is 5.75 Å². The zero-order chi connectivity index (χ0) is 14.1. The summed E-state index contributed by atoms with van der Waals surface area (Å²) in [6.45, 7) is 0.397. The Morgan fingerprint density at radius 2 is 2.11 bits per heavy atom. The Kier molecular flexibility index (Phi) is 6.83. The predicted octanol–water partition coefficient (Wildman–Crippen LogP) is 0.930. The summed E-state index contributed by atoms with van der Waals surface area (Å²) in [6, 6.07) is 7.55. The number of aliphatic hydroxyl groups is 1. The lowest BCUT2D eigenvalue weighted by Crippen LogP contribution is -2.28. The molecule has 0 bridgehead atoms. The van der Waals surface area contributed by atoms with E-state index in [4.69, 9.17) is 9.84 Å². The van der Waals surface area contributed by atoms with Crippen LogP contribution in [0.2, 0.25) is 0 Å². The first kappa shape index (κ1) is 15.9. The highest BCUT2D eigenvalue weighted by Crippen LogP contribution is 2.12. The molecule has 0 amide bonds. The number of rotatable bonds is 9. The number of hydrogen-bond donors (Lipinski definition) is 2. The number of unbranched alkanes of at least 4 members (excludes halogenated alkanes) is 1. The van der Waals surface area contributed by atoms with Gasteiger partial charge in [0.05, 0.1) is 12.9 Å². The zero-order valence-corrected chi connectivity index (χ0v) is 11.9. The SMILES string of the molecule is COc1cccc(CCNS(=O)(=O)CCCCO)c1. The van der Waals surface area contributed by atoms with Crippen molar-refractivity contribution in [1.82, 2.24) is 4.72 Å². The Morgan fingerprint density at radius 3 is 2.79 bits per heavy atom. The number of aliphatic hydroxyl groups excluding tert-OH is 1. The van der Waals surface area contributed by atoms with Gasteiger partial charge < -0.3 is 9.84 Å². The molecular weight excluding hydrogens is 266 g/mol. The van der Waals surface area contributed by atoms with Crippen molar-refractivity contribution in [3.05, 3.63) is 29.8 Å². The molecule has 0 atom stereocenters. The highest BCUT2D eigenvalue weighted by atomic mass is 32.2. The van der Waals surface area contributed by atoms with E-state index >= 15 is 0 Å². The fourth-order valence-electron chi connectivity index (χ4n) is 1.65. The molecule has 0 radical (unpaired) electrons. The molecule has 2 N–H and O–H groups in total. The van der Waals surface area contributed by atoms with Crippen molar-refractivity contribution >= 4 is 10.0 Å². The van der Waals surface area contributed by atoms with E-state index in [1.807, 2.05) is 24.3 Å². The third kappa shape index (κ3) is 6.56. The number of benzene rings is 1. The smallest absolute Gasteiger partial charge is 0.211 e. The molecule has 0 unspecified atom stereocenters. The second-order valence-corrected chi connectivity index (χ2v) is 6.17. The number of sulfonamides is 1. The lowest BCUT2D eigenvalue weighted by atomic mass is 10.1. The lowest BCUT2D eigenvalue weighted by molar-refractivity contribution is 0.287. The van der Waals surface area contributed by atoms with Gasteiger partial charge in [0, 0.05) is 13.2 Å². The van der Waals surface area contributed by atoms with Gasteiger partial charge in [0.25, 0.3) is 0 Å². The summed E-state index contributed by atoms with van der Waals surface area (Å²) in [6.07, 6.45) is 1.61. The van der Waals surface area contributed by atoms with Crippen molar-refractivity contribution < 1.29 is 18.3 Å². The number of hydrogen-bond acceptors (Lipinski definition) is 4. The maximum absolute atomic E-state index is 11.6. The summed E-state index contributed by atoms with van der Waals surface area (Å²) in [5, 5.41) is 8.61. The molecule has 5 nitrogen and oxygen atoms in total. The summed E-state index contributed by atoms with van der Waals surface area (Å²) in [5.41, 5.74) is 1.03. The third-order valence-electron chi connectivity index (χ3n) is 2.69. The topological polar surface area (TPSA) is 75.6 Å². The Labute approximate surface area is 114 Å². The minimum Gasteiger partial charge on any atom is -0.497 e. The van der Waals surface area contributed by atoms with Gasteiger partial charge in [-0.1, -0.05) is 12.1 Å². The molecule has 0 saturated heterocycles. The molecular formula is C13H21NO4S.